The van der Waals surface area contributed by atoms with Crippen LogP contribution in [-0.2, 0) is 11.3 Å². The van der Waals surface area contributed by atoms with E-state index in [1.165, 1.54) is 12.8 Å². The van der Waals surface area contributed by atoms with E-state index in [9.17, 15) is 4.79 Å². The molecule has 3 aromatic rings. The van der Waals surface area contributed by atoms with E-state index in [0.29, 0.717) is 42.8 Å². The van der Waals surface area contributed by atoms with Crippen LogP contribution in [0.25, 0.3) is 11.2 Å². The number of hydrogen-bond donors (Lipinski definition) is 3. The summed E-state index contributed by atoms with van der Waals surface area (Å²) in [5.41, 5.74) is 9.39. The number of rotatable bonds is 10. The third-order valence-corrected chi connectivity index (χ3v) is 7.63. The standard InChI is InChI=1S/C28H39N7O2/c1-2-3-16-37-27(36)20-10-8-19(9-11-20)17-30-25-24-26(35(18-31-24)23-6-4-5-7-23)34-28(33-25)32-22-14-12-21(29)13-15-22/h8-11,18,21-23H,2-7,12-17,29H2,1H3,(H2,30,32,33,34). The number of benzene rings is 1. The number of nitrogens with two attached hydrogens (primary N) is 1. The van der Waals surface area contributed by atoms with Crippen molar-refractivity contribution in [2.75, 3.05) is 17.2 Å². The van der Waals surface area contributed by atoms with Crippen LogP contribution in [0, 0.1) is 0 Å². The van der Waals surface area contributed by atoms with Gasteiger partial charge >= 0.3 is 5.97 Å². The average molecular weight is 506 g/mol. The van der Waals surface area contributed by atoms with Crippen LogP contribution in [0.1, 0.15) is 93.1 Å². The summed E-state index contributed by atoms with van der Waals surface area (Å²) in [6, 6.07) is 8.60. The number of imidazole rings is 1. The van der Waals surface area contributed by atoms with Crippen molar-refractivity contribution in [1.29, 1.82) is 0 Å². The van der Waals surface area contributed by atoms with Crippen LogP contribution in [0.3, 0.4) is 0 Å². The van der Waals surface area contributed by atoms with Crippen molar-refractivity contribution in [1.82, 2.24) is 19.5 Å². The normalized spacial score (nSPS) is 20.3. The molecular formula is C28H39N7O2. The number of anilines is 2. The van der Waals surface area contributed by atoms with E-state index in [4.69, 9.17) is 25.4 Å². The Morgan fingerprint density at radius 1 is 1.08 bits per heavy atom. The third kappa shape index (κ3) is 6.21. The quantitative estimate of drug-likeness (QED) is 0.254. The lowest BCUT2D eigenvalue weighted by Gasteiger charge is -2.27. The number of esters is 1. The molecule has 2 aliphatic rings. The molecule has 0 bridgehead atoms. The molecule has 9 heteroatoms. The molecule has 2 saturated carbocycles. The highest BCUT2D eigenvalue weighted by molar-refractivity contribution is 5.89. The van der Waals surface area contributed by atoms with Crippen LogP contribution in [0.4, 0.5) is 11.8 Å². The maximum Gasteiger partial charge on any atom is 0.338 e. The molecule has 9 nitrogen and oxygen atoms in total. The Morgan fingerprint density at radius 2 is 1.84 bits per heavy atom. The second-order valence-electron chi connectivity index (χ2n) is 10.5. The minimum atomic E-state index is -0.276. The van der Waals surface area contributed by atoms with E-state index < -0.39 is 0 Å². The van der Waals surface area contributed by atoms with Gasteiger partial charge in [-0.3, -0.25) is 0 Å². The summed E-state index contributed by atoms with van der Waals surface area (Å²) in [4.78, 5) is 26.7. The molecule has 0 spiro atoms. The van der Waals surface area contributed by atoms with Gasteiger partial charge in [0.15, 0.2) is 17.0 Å². The molecular weight excluding hydrogens is 466 g/mol. The molecule has 37 heavy (non-hydrogen) atoms. The number of ether oxygens (including phenoxy) is 1. The SMILES string of the molecule is CCCCOC(=O)c1ccc(CNc2nc(NC3CCC(N)CC3)nc3c2ncn3C2CCCC2)cc1. The van der Waals surface area contributed by atoms with Crippen LogP contribution >= 0.6 is 0 Å². The zero-order valence-corrected chi connectivity index (χ0v) is 21.8. The average Bonchev–Trinajstić information content (AvgIpc) is 3.59. The van der Waals surface area contributed by atoms with Crippen molar-refractivity contribution in [2.45, 2.75) is 95.8 Å². The molecule has 0 saturated heterocycles. The zero-order chi connectivity index (χ0) is 25.6. The van der Waals surface area contributed by atoms with E-state index in [1.807, 2.05) is 30.6 Å². The topological polar surface area (TPSA) is 120 Å². The fourth-order valence-corrected chi connectivity index (χ4v) is 5.34. The molecule has 5 rings (SSSR count). The van der Waals surface area contributed by atoms with Crippen molar-refractivity contribution in [3.63, 3.8) is 0 Å². The Kier molecular flexibility index (Phi) is 8.18. The molecule has 0 unspecified atom stereocenters. The van der Waals surface area contributed by atoms with E-state index in [1.54, 1.807) is 0 Å². The van der Waals surface area contributed by atoms with Crippen LogP contribution < -0.4 is 16.4 Å². The van der Waals surface area contributed by atoms with Crippen LogP contribution in [0.5, 0.6) is 0 Å². The summed E-state index contributed by atoms with van der Waals surface area (Å²) in [7, 11) is 0. The highest BCUT2D eigenvalue weighted by atomic mass is 16.5. The first kappa shape index (κ1) is 25.4. The summed E-state index contributed by atoms with van der Waals surface area (Å²) in [6.45, 7) is 3.09. The lowest BCUT2D eigenvalue weighted by molar-refractivity contribution is 0.0499. The monoisotopic (exact) mass is 505 g/mol. The van der Waals surface area contributed by atoms with Crippen LogP contribution in [0.2, 0.25) is 0 Å². The van der Waals surface area contributed by atoms with E-state index in [0.717, 1.165) is 73.9 Å². The molecule has 0 atom stereocenters. The number of carbonyl (C=O) groups is 1. The number of hydrogen-bond acceptors (Lipinski definition) is 8. The number of nitrogens with zero attached hydrogens (tertiary/aromatic N) is 4. The smallest absolute Gasteiger partial charge is 0.338 e. The first-order valence-corrected chi connectivity index (χ1v) is 13.9. The van der Waals surface area contributed by atoms with Gasteiger partial charge in [0.1, 0.15) is 0 Å². The second kappa shape index (κ2) is 11.9. The second-order valence-corrected chi connectivity index (χ2v) is 10.5. The van der Waals surface area contributed by atoms with E-state index in [2.05, 4.69) is 22.1 Å². The lowest BCUT2D eigenvalue weighted by atomic mass is 9.92. The van der Waals surface area contributed by atoms with Gasteiger partial charge in [0.2, 0.25) is 5.95 Å². The minimum Gasteiger partial charge on any atom is -0.462 e. The maximum atomic E-state index is 12.2. The fraction of sp³-hybridized carbons (Fsp3) is 0.571. The minimum absolute atomic E-state index is 0.276. The highest BCUT2D eigenvalue weighted by Crippen LogP contribution is 2.33. The summed E-state index contributed by atoms with van der Waals surface area (Å²) >= 11 is 0. The molecule has 0 radical (unpaired) electrons. The number of unbranched alkanes of at least 4 members (excludes halogenated alkanes) is 1. The Bertz CT molecular complexity index is 1180. The number of carbonyl (C=O) groups excluding carboxylic acids is 1. The van der Waals surface area contributed by atoms with Gasteiger partial charge in [-0.15, -0.1) is 0 Å². The first-order valence-electron chi connectivity index (χ1n) is 13.9. The van der Waals surface area contributed by atoms with Gasteiger partial charge in [-0.2, -0.15) is 9.97 Å². The predicted molar refractivity (Wildman–Crippen MR) is 146 cm³/mol. The Hall–Kier alpha value is -3.20. The number of fused-ring (bicyclic) bond motifs is 1. The Balaban J connectivity index is 1.33. The molecule has 4 N–H and O–H groups in total. The summed E-state index contributed by atoms with van der Waals surface area (Å²) in [6.07, 6.45) is 12.7. The molecule has 2 heterocycles. The van der Waals surface area contributed by atoms with Crippen LogP contribution in [-0.4, -0.2) is 44.2 Å². The summed E-state index contributed by atoms with van der Waals surface area (Å²) in [5.74, 6) is 1.09. The Labute approximate surface area is 218 Å². The van der Waals surface area contributed by atoms with Gasteiger partial charge in [-0.25, -0.2) is 9.78 Å². The van der Waals surface area contributed by atoms with Gasteiger partial charge in [0.25, 0.3) is 0 Å². The van der Waals surface area contributed by atoms with Gasteiger partial charge in [-0.1, -0.05) is 38.3 Å². The highest BCUT2D eigenvalue weighted by Gasteiger charge is 2.24. The maximum absolute atomic E-state index is 12.2. The summed E-state index contributed by atoms with van der Waals surface area (Å²) in [5, 5.41) is 7.05. The molecule has 1 aromatic carbocycles. The molecule has 198 valence electrons. The fourth-order valence-electron chi connectivity index (χ4n) is 5.34. The van der Waals surface area contributed by atoms with E-state index >= 15 is 0 Å². The molecule has 2 fully saturated rings. The first-order chi connectivity index (χ1) is 18.1. The third-order valence-electron chi connectivity index (χ3n) is 7.63. The number of nitrogens with one attached hydrogen (secondary N) is 2. The lowest BCUT2D eigenvalue weighted by Crippen LogP contribution is -2.33. The van der Waals surface area contributed by atoms with E-state index in [-0.39, 0.29) is 5.97 Å². The van der Waals surface area contributed by atoms with Gasteiger partial charge < -0.3 is 25.7 Å². The predicted octanol–water partition coefficient (Wildman–Crippen LogP) is 5.19. The zero-order valence-electron chi connectivity index (χ0n) is 21.8. The van der Waals surface area contributed by atoms with Crippen LogP contribution in [0.15, 0.2) is 30.6 Å². The van der Waals surface area contributed by atoms with Crippen molar-refractivity contribution < 1.29 is 9.53 Å². The summed E-state index contributed by atoms with van der Waals surface area (Å²) < 4.78 is 7.55. The number of aromatic nitrogens is 4. The Morgan fingerprint density at radius 3 is 2.57 bits per heavy atom. The van der Waals surface area contributed by atoms with Crippen molar-refractivity contribution >= 4 is 28.9 Å². The molecule has 2 aromatic heterocycles. The van der Waals surface area contributed by atoms with Gasteiger partial charge in [-0.05, 0) is 62.6 Å². The molecule has 2 aliphatic carbocycles. The van der Waals surface area contributed by atoms with Crippen molar-refractivity contribution in [3.8, 4) is 0 Å². The van der Waals surface area contributed by atoms with Crippen molar-refractivity contribution in [2.24, 2.45) is 5.73 Å². The van der Waals surface area contributed by atoms with Crippen molar-refractivity contribution in [3.05, 3.63) is 41.7 Å². The molecule has 0 aliphatic heterocycles. The largest absolute Gasteiger partial charge is 0.462 e. The molecule has 0 amide bonds. The van der Waals surface area contributed by atoms with Gasteiger partial charge in [0, 0.05) is 24.7 Å². The van der Waals surface area contributed by atoms with Gasteiger partial charge in [0.05, 0.1) is 18.5 Å².